The predicted molar refractivity (Wildman–Crippen MR) is 84.2 cm³/mol. The summed E-state index contributed by atoms with van der Waals surface area (Å²) in [7, 11) is 0. The fourth-order valence-corrected chi connectivity index (χ4v) is 2.15. The van der Waals surface area contributed by atoms with Crippen molar-refractivity contribution < 1.29 is 24.2 Å². The molecular weight excluding hydrogens is 352 g/mol. The van der Waals surface area contributed by atoms with Crippen LogP contribution in [-0.4, -0.2) is 23.0 Å². The molecule has 0 radical (unpaired) electrons. The number of unbranched alkanes of at least 4 members (excludes halogenated alkanes) is 1. The van der Waals surface area contributed by atoms with Crippen molar-refractivity contribution in [3.63, 3.8) is 0 Å². The van der Waals surface area contributed by atoms with E-state index < -0.39 is 17.9 Å². The number of benzene rings is 1. The summed E-state index contributed by atoms with van der Waals surface area (Å²) in [5.41, 5.74) is 0.858. The standard InChI is InChI=1S/C16H17BrO5/c1-11(16(20)21)6-2-5-9-14(18)22-15(19)10-12-7-3-4-8-13(12)17/h3-4,7-8H,1-2,5-6,9-10H2,(H,20,21). The molecule has 6 heteroatoms. The second-order valence-corrected chi connectivity index (χ2v) is 5.58. The third kappa shape index (κ3) is 6.67. The summed E-state index contributed by atoms with van der Waals surface area (Å²) in [5, 5.41) is 8.63. The molecule has 0 saturated carbocycles. The van der Waals surface area contributed by atoms with Crippen LogP contribution in [0.3, 0.4) is 0 Å². The van der Waals surface area contributed by atoms with E-state index in [2.05, 4.69) is 22.5 Å². The van der Waals surface area contributed by atoms with Gasteiger partial charge in [-0.2, -0.15) is 0 Å². The number of hydrogen-bond donors (Lipinski definition) is 1. The van der Waals surface area contributed by atoms with Crippen molar-refractivity contribution >= 4 is 33.8 Å². The highest BCUT2D eigenvalue weighted by Gasteiger charge is 2.13. The molecule has 0 aliphatic rings. The smallest absolute Gasteiger partial charge is 0.330 e. The van der Waals surface area contributed by atoms with Crippen LogP contribution in [0.4, 0.5) is 0 Å². The number of halogens is 1. The number of hydrogen-bond acceptors (Lipinski definition) is 4. The molecule has 0 amide bonds. The summed E-state index contributed by atoms with van der Waals surface area (Å²) in [6.07, 6.45) is 1.37. The molecule has 0 aromatic heterocycles. The van der Waals surface area contributed by atoms with Gasteiger partial charge in [0.15, 0.2) is 0 Å². The SMILES string of the molecule is C=C(CCCCC(=O)OC(=O)Cc1ccccc1Br)C(=O)O. The minimum Gasteiger partial charge on any atom is -0.478 e. The molecule has 0 heterocycles. The van der Waals surface area contributed by atoms with E-state index >= 15 is 0 Å². The van der Waals surface area contributed by atoms with Gasteiger partial charge in [-0.05, 0) is 30.9 Å². The molecule has 0 aliphatic carbocycles. The van der Waals surface area contributed by atoms with Gasteiger partial charge in [0.2, 0.25) is 0 Å². The molecule has 5 nitrogen and oxygen atoms in total. The van der Waals surface area contributed by atoms with Crippen LogP contribution in [0.25, 0.3) is 0 Å². The molecule has 1 rings (SSSR count). The van der Waals surface area contributed by atoms with E-state index in [-0.39, 0.29) is 18.4 Å². The lowest BCUT2D eigenvalue weighted by Crippen LogP contribution is -2.14. The van der Waals surface area contributed by atoms with E-state index in [0.717, 1.165) is 10.0 Å². The van der Waals surface area contributed by atoms with Crippen molar-refractivity contribution in [3.8, 4) is 0 Å². The summed E-state index contributed by atoms with van der Waals surface area (Å²) in [6, 6.07) is 7.20. The zero-order valence-corrected chi connectivity index (χ0v) is 13.6. The number of carboxylic acid groups (broad SMARTS) is 1. The van der Waals surface area contributed by atoms with Gasteiger partial charge >= 0.3 is 17.9 Å². The first-order chi connectivity index (χ1) is 10.4. The highest BCUT2D eigenvalue weighted by atomic mass is 79.9. The van der Waals surface area contributed by atoms with E-state index in [1.165, 1.54) is 0 Å². The average Bonchev–Trinajstić information content (AvgIpc) is 2.45. The number of carboxylic acids is 1. The Bertz CT molecular complexity index is 580. The fourth-order valence-electron chi connectivity index (χ4n) is 1.73. The van der Waals surface area contributed by atoms with Crippen LogP contribution in [0.1, 0.15) is 31.2 Å². The van der Waals surface area contributed by atoms with Gasteiger partial charge in [-0.15, -0.1) is 0 Å². The third-order valence-corrected chi connectivity index (χ3v) is 3.71. The van der Waals surface area contributed by atoms with Crippen molar-refractivity contribution in [3.05, 3.63) is 46.5 Å². The molecule has 0 atom stereocenters. The molecule has 0 saturated heterocycles. The number of aliphatic carboxylic acids is 1. The van der Waals surface area contributed by atoms with Crippen LogP contribution in [0.15, 0.2) is 40.9 Å². The van der Waals surface area contributed by atoms with Crippen molar-refractivity contribution in [2.45, 2.75) is 32.1 Å². The van der Waals surface area contributed by atoms with Gasteiger partial charge in [-0.1, -0.05) is 40.7 Å². The quantitative estimate of drug-likeness (QED) is 0.329. The molecule has 1 N–H and O–H groups in total. The van der Waals surface area contributed by atoms with Gasteiger partial charge in [0, 0.05) is 16.5 Å². The summed E-state index contributed by atoms with van der Waals surface area (Å²) in [5.74, 6) is -2.24. The van der Waals surface area contributed by atoms with Crippen LogP contribution < -0.4 is 0 Å². The minimum absolute atomic E-state index is 0.0168. The van der Waals surface area contributed by atoms with Gasteiger partial charge in [0.1, 0.15) is 0 Å². The Kier molecular flexibility index (Phi) is 7.52. The van der Waals surface area contributed by atoms with Gasteiger partial charge < -0.3 is 9.84 Å². The molecular formula is C16H17BrO5. The van der Waals surface area contributed by atoms with E-state index in [1.54, 1.807) is 18.2 Å². The van der Waals surface area contributed by atoms with Crippen molar-refractivity contribution in [2.24, 2.45) is 0 Å². The lowest BCUT2D eigenvalue weighted by molar-refractivity contribution is -0.159. The number of rotatable bonds is 8. The highest BCUT2D eigenvalue weighted by molar-refractivity contribution is 9.10. The number of carbonyl (C=O) groups excluding carboxylic acids is 2. The molecule has 1 aromatic rings. The molecule has 0 fully saturated rings. The summed E-state index contributed by atoms with van der Waals surface area (Å²) >= 11 is 3.32. The molecule has 0 spiro atoms. The maximum atomic E-state index is 11.6. The predicted octanol–water partition coefficient (Wildman–Crippen LogP) is 3.26. The van der Waals surface area contributed by atoms with Crippen LogP contribution >= 0.6 is 15.9 Å². The molecule has 22 heavy (non-hydrogen) atoms. The Labute approximate surface area is 137 Å². The number of ether oxygens (including phenoxy) is 1. The largest absolute Gasteiger partial charge is 0.478 e. The Balaban J connectivity index is 2.27. The maximum Gasteiger partial charge on any atom is 0.330 e. The fraction of sp³-hybridized carbons (Fsp3) is 0.312. The Morgan fingerprint density at radius 1 is 1.09 bits per heavy atom. The number of esters is 2. The average molecular weight is 369 g/mol. The van der Waals surface area contributed by atoms with Crippen LogP contribution in [-0.2, 0) is 25.5 Å². The van der Waals surface area contributed by atoms with Crippen LogP contribution in [0, 0.1) is 0 Å². The second-order valence-electron chi connectivity index (χ2n) is 4.73. The van der Waals surface area contributed by atoms with Gasteiger partial charge in [0.25, 0.3) is 0 Å². The Morgan fingerprint density at radius 2 is 1.73 bits per heavy atom. The van der Waals surface area contributed by atoms with Crippen molar-refractivity contribution in [1.29, 1.82) is 0 Å². The monoisotopic (exact) mass is 368 g/mol. The molecule has 1 aromatic carbocycles. The van der Waals surface area contributed by atoms with Crippen LogP contribution in [0.2, 0.25) is 0 Å². The first-order valence-electron chi connectivity index (χ1n) is 6.78. The Morgan fingerprint density at radius 3 is 2.36 bits per heavy atom. The summed E-state index contributed by atoms with van der Waals surface area (Å²) in [4.78, 5) is 33.7. The Hall–Kier alpha value is -1.95. The van der Waals surface area contributed by atoms with Gasteiger partial charge in [-0.25, -0.2) is 4.79 Å². The first-order valence-corrected chi connectivity index (χ1v) is 7.57. The molecule has 0 bridgehead atoms. The minimum atomic E-state index is -1.04. The maximum absolute atomic E-state index is 11.6. The normalized spacial score (nSPS) is 10.0. The van der Waals surface area contributed by atoms with Gasteiger partial charge in [-0.3, -0.25) is 9.59 Å². The summed E-state index contributed by atoms with van der Waals surface area (Å²) < 4.78 is 5.51. The zero-order chi connectivity index (χ0) is 16.5. The van der Waals surface area contributed by atoms with E-state index in [1.807, 2.05) is 6.07 Å². The topological polar surface area (TPSA) is 80.7 Å². The highest BCUT2D eigenvalue weighted by Crippen LogP contribution is 2.17. The lowest BCUT2D eigenvalue weighted by atomic mass is 10.1. The first kappa shape index (κ1) is 18.1. The van der Waals surface area contributed by atoms with Crippen LogP contribution in [0.5, 0.6) is 0 Å². The zero-order valence-electron chi connectivity index (χ0n) is 12.0. The van der Waals surface area contributed by atoms with Crippen molar-refractivity contribution in [2.75, 3.05) is 0 Å². The second kappa shape index (κ2) is 9.15. The van der Waals surface area contributed by atoms with Crippen molar-refractivity contribution in [1.82, 2.24) is 0 Å². The van der Waals surface area contributed by atoms with E-state index in [0.29, 0.717) is 19.3 Å². The third-order valence-electron chi connectivity index (χ3n) is 2.93. The lowest BCUT2D eigenvalue weighted by Gasteiger charge is -2.05. The van der Waals surface area contributed by atoms with E-state index in [9.17, 15) is 14.4 Å². The van der Waals surface area contributed by atoms with Gasteiger partial charge in [0.05, 0.1) is 6.42 Å². The number of carbonyl (C=O) groups is 3. The molecule has 118 valence electrons. The molecule has 0 unspecified atom stereocenters. The summed E-state index contributed by atoms with van der Waals surface area (Å²) in [6.45, 7) is 3.40. The molecule has 0 aliphatic heterocycles. The van der Waals surface area contributed by atoms with E-state index in [4.69, 9.17) is 9.84 Å².